The average molecular weight is 288 g/mol. The van der Waals surface area contributed by atoms with E-state index in [-0.39, 0.29) is 24.1 Å². The lowest BCUT2D eigenvalue weighted by Crippen LogP contribution is -2.34. The van der Waals surface area contributed by atoms with Crippen molar-refractivity contribution >= 4 is 34.3 Å². The van der Waals surface area contributed by atoms with Crippen molar-refractivity contribution in [1.82, 2.24) is 0 Å². The second kappa shape index (κ2) is 7.79. The van der Waals surface area contributed by atoms with Gasteiger partial charge in [0, 0.05) is 5.92 Å². The zero-order valence-corrected chi connectivity index (χ0v) is 12.5. The molecule has 102 valence electrons. The van der Waals surface area contributed by atoms with Crippen LogP contribution in [0.2, 0.25) is 0 Å². The van der Waals surface area contributed by atoms with Crippen molar-refractivity contribution in [3.05, 3.63) is 12.7 Å². The number of thiocarbonyl (C=S) groups is 1. The van der Waals surface area contributed by atoms with Gasteiger partial charge in [0.1, 0.15) is 12.2 Å². The first-order valence-corrected chi connectivity index (χ1v) is 7.82. The monoisotopic (exact) mass is 288 g/mol. The van der Waals surface area contributed by atoms with E-state index in [0.29, 0.717) is 10.8 Å². The summed E-state index contributed by atoms with van der Waals surface area (Å²) in [6.45, 7) is 5.88. The molecule has 0 aliphatic carbocycles. The number of unbranched alkanes of at least 4 members (excludes halogenated alkanes) is 1. The van der Waals surface area contributed by atoms with Crippen LogP contribution in [0, 0.1) is 5.92 Å². The maximum Gasteiger partial charge on any atom is 0.306 e. The van der Waals surface area contributed by atoms with E-state index in [9.17, 15) is 4.79 Å². The van der Waals surface area contributed by atoms with E-state index < -0.39 is 0 Å². The molecule has 18 heavy (non-hydrogen) atoms. The third-order valence-corrected chi connectivity index (χ3v) is 4.04. The van der Waals surface area contributed by atoms with Crippen LogP contribution in [0.1, 0.15) is 32.6 Å². The molecular weight excluding hydrogens is 268 g/mol. The van der Waals surface area contributed by atoms with E-state index in [1.54, 1.807) is 6.08 Å². The van der Waals surface area contributed by atoms with Gasteiger partial charge in [-0.15, -0.1) is 6.58 Å². The van der Waals surface area contributed by atoms with Crippen molar-refractivity contribution in [2.75, 3.05) is 6.26 Å². The fraction of sp³-hybridized carbons (Fsp3) is 0.692. The summed E-state index contributed by atoms with van der Waals surface area (Å²) in [5.41, 5.74) is 0. The summed E-state index contributed by atoms with van der Waals surface area (Å²) in [5, 5.41) is 0. The van der Waals surface area contributed by atoms with Gasteiger partial charge in [-0.25, -0.2) is 0 Å². The van der Waals surface area contributed by atoms with Crippen LogP contribution in [0.25, 0.3) is 0 Å². The summed E-state index contributed by atoms with van der Waals surface area (Å²) in [5.74, 6) is -0.144. The van der Waals surface area contributed by atoms with E-state index in [2.05, 4.69) is 13.5 Å². The van der Waals surface area contributed by atoms with Gasteiger partial charge >= 0.3 is 5.97 Å². The largest absolute Gasteiger partial charge is 0.471 e. The minimum Gasteiger partial charge on any atom is -0.471 e. The molecule has 1 rings (SSSR count). The standard InChI is InChI=1S/C13H20O3S2/c1-4-6-7-10(15-13(17)18-3)12-9(5-2)8-11(14)16-12/h5,9-10,12H,2,4,6-8H2,1,3H3/t9-,10-,12-/m1/s1. The Labute approximate surface area is 118 Å². The summed E-state index contributed by atoms with van der Waals surface area (Å²) >= 11 is 6.49. The third-order valence-electron chi connectivity index (χ3n) is 3.02. The molecular formula is C13H20O3S2. The van der Waals surface area contributed by atoms with Crippen LogP contribution in [0.5, 0.6) is 0 Å². The first kappa shape index (κ1) is 15.5. The van der Waals surface area contributed by atoms with E-state index in [0.717, 1.165) is 19.3 Å². The molecule has 5 heteroatoms. The number of carbonyl (C=O) groups is 1. The fourth-order valence-corrected chi connectivity index (χ4v) is 2.38. The van der Waals surface area contributed by atoms with Gasteiger partial charge in [-0.3, -0.25) is 4.79 Å². The highest BCUT2D eigenvalue weighted by molar-refractivity contribution is 8.22. The number of carbonyl (C=O) groups excluding carboxylic acids is 1. The summed E-state index contributed by atoms with van der Waals surface area (Å²) in [7, 11) is 0. The first-order chi connectivity index (χ1) is 8.62. The van der Waals surface area contributed by atoms with Crippen LogP contribution >= 0.6 is 24.0 Å². The van der Waals surface area contributed by atoms with Crippen molar-refractivity contribution in [3.63, 3.8) is 0 Å². The second-order valence-corrected chi connectivity index (χ2v) is 5.72. The smallest absolute Gasteiger partial charge is 0.306 e. The van der Waals surface area contributed by atoms with Crippen molar-refractivity contribution < 1.29 is 14.3 Å². The topological polar surface area (TPSA) is 35.5 Å². The summed E-state index contributed by atoms with van der Waals surface area (Å²) in [6, 6.07) is 0. The molecule has 1 aliphatic rings. The van der Waals surface area contributed by atoms with Crippen LogP contribution in [0.3, 0.4) is 0 Å². The van der Waals surface area contributed by atoms with Gasteiger partial charge < -0.3 is 9.47 Å². The van der Waals surface area contributed by atoms with Gasteiger partial charge in [-0.2, -0.15) is 0 Å². The Morgan fingerprint density at radius 2 is 2.50 bits per heavy atom. The Balaban J connectivity index is 2.70. The van der Waals surface area contributed by atoms with E-state index >= 15 is 0 Å². The Morgan fingerprint density at radius 3 is 3.06 bits per heavy atom. The fourth-order valence-electron chi connectivity index (χ4n) is 2.03. The number of cyclic esters (lactones) is 1. The predicted molar refractivity (Wildman–Crippen MR) is 78.7 cm³/mol. The molecule has 1 fully saturated rings. The summed E-state index contributed by atoms with van der Waals surface area (Å²) in [6.07, 6.45) is 6.60. The van der Waals surface area contributed by atoms with Gasteiger partial charge in [0.05, 0.1) is 6.42 Å². The molecule has 0 unspecified atom stereocenters. The van der Waals surface area contributed by atoms with Crippen molar-refractivity contribution in [2.24, 2.45) is 5.92 Å². The molecule has 0 aromatic carbocycles. The van der Waals surface area contributed by atoms with E-state index in [1.807, 2.05) is 6.26 Å². The Hall–Kier alpha value is -0.550. The number of ether oxygens (including phenoxy) is 2. The number of esters is 1. The molecule has 0 aromatic rings. The Kier molecular flexibility index (Phi) is 6.71. The molecule has 3 nitrogen and oxygen atoms in total. The molecule has 3 atom stereocenters. The maximum atomic E-state index is 11.4. The highest BCUT2D eigenvalue weighted by atomic mass is 32.2. The number of rotatable bonds is 6. The lowest BCUT2D eigenvalue weighted by Gasteiger charge is -2.26. The molecule has 0 aromatic heterocycles. The van der Waals surface area contributed by atoms with Gasteiger partial charge in [0.2, 0.25) is 4.38 Å². The van der Waals surface area contributed by atoms with Gasteiger partial charge in [0.25, 0.3) is 0 Å². The third kappa shape index (κ3) is 4.28. The summed E-state index contributed by atoms with van der Waals surface area (Å²) < 4.78 is 11.6. The molecule has 0 amide bonds. The summed E-state index contributed by atoms with van der Waals surface area (Å²) in [4.78, 5) is 11.4. The average Bonchev–Trinajstić information content (AvgIpc) is 2.75. The Bertz CT molecular complexity index is 317. The minimum absolute atomic E-state index is 0.0315. The van der Waals surface area contributed by atoms with Crippen molar-refractivity contribution in [2.45, 2.75) is 44.8 Å². The molecule has 1 heterocycles. The molecule has 1 aliphatic heterocycles. The number of hydrogen-bond acceptors (Lipinski definition) is 5. The Morgan fingerprint density at radius 1 is 1.78 bits per heavy atom. The first-order valence-electron chi connectivity index (χ1n) is 6.19. The van der Waals surface area contributed by atoms with Crippen LogP contribution < -0.4 is 0 Å². The van der Waals surface area contributed by atoms with Crippen molar-refractivity contribution in [1.29, 1.82) is 0 Å². The molecule has 0 spiro atoms. The van der Waals surface area contributed by atoms with Crippen LogP contribution in [0.15, 0.2) is 12.7 Å². The lowest BCUT2D eigenvalue weighted by atomic mass is 9.94. The van der Waals surface area contributed by atoms with Crippen molar-refractivity contribution in [3.8, 4) is 0 Å². The molecule has 1 saturated heterocycles. The SMILES string of the molecule is C=C[C@@H]1CC(=O)O[C@H]1[C@@H](CCCC)OC(=S)SC. The highest BCUT2D eigenvalue weighted by Gasteiger charge is 2.39. The van der Waals surface area contributed by atoms with Crippen LogP contribution in [0.4, 0.5) is 0 Å². The van der Waals surface area contributed by atoms with Gasteiger partial charge in [-0.1, -0.05) is 31.2 Å². The van der Waals surface area contributed by atoms with Crippen LogP contribution in [-0.2, 0) is 14.3 Å². The molecule has 0 radical (unpaired) electrons. The maximum absolute atomic E-state index is 11.4. The zero-order chi connectivity index (χ0) is 13.5. The quantitative estimate of drug-likeness (QED) is 0.425. The molecule has 0 N–H and O–H groups in total. The molecule has 0 saturated carbocycles. The van der Waals surface area contributed by atoms with Crippen LogP contribution in [-0.4, -0.2) is 28.8 Å². The number of thioether (sulfide) groups is 1. The van der Waals surface area contributed by atoms with Gasteiger partial charge in [-0.05, 0) is 31.3 Å². The van der Waals surface area contributed by atoms with E-state index in [4.69, 9.17) is 21.7 Å². The number of hydrogen-bond donors (Lipinski definition) is 0. The lowest BCUT2D eigenvalue weighted by molar-refractivity contribution is -0.145. The van der Waals surface area contributed by atoms with Gasteiger partial charge in [0.15, 0.2) is 0 Å². The zero-order valence-electron chi connectivity index (χ0n) is 10.9. The minimum atomic E-state index is -0.244. The van der Waals surface area contributed by atoms with E-state index in [1.165, 1.54) is 11.8 Å². The molecule has 0 bridgehead atoms. The highest BCUT2D eigenvalue weighted by Crippen LogP contribution is 2.30. The normalized spacial score (nSPS) is 24.4. The second-order valence-electron chi connectivity index (χ2n) is 4.31. The predicted octanol–water partition coefficient (Wildman–Crippen LogP) is 3.33.